The topological polar surface area (TPSA) is 223 Å². The van der Waals surface area contributed by atoms with Gasteiger partial charge in [-0.2, -0.15) is 0 Å². The van der Waals surface area contributed by atoms with Gasteiger partial charge in [-0.25, -0.2) is 4.79 Å². The van der Waals surface area contributed by atoms with Crippen molar-refractivity contribution in [3.05, 3.63) is 35.9 Å². The summed E-state index contributed by atoms with van der Waals surface area (Å²) in [6, 6.07) is 3.00. The summed E-state index contributed by atoms with van der Waals surface area (Å²) in [5, 5.41) is 8.57. The van der Waals surface area contributed by atoms with Crippen molar-refractivity contribution in [1.29, 1.82) is 0 Å². The average Bonchev–Trinajstić information content (AvgIpc) is 3.79. The molecule has 0 aliphatic carbocycles. The van der Waals surface area contributed by atoms with Gasteiger partial charge in [0.1, 0.15) is 35.8 Å². The highest BCUT2D eigenvalue weighted by Gasteiger charge is 2.42. The van der Waals surface area contributed by atoms with Crippen molar-refractivity contribution >= 4 is 41.4 Å². The Morgan fingerprint density at radius 2 is 1.43 bits per heavy atom. The van der Waals surface area contributed by atoms with Crippen LogP contribution in [0.1, 0.15) is 99.0 Å². The van der Waals surface area contributed by atoms with Gasteiger partial charge in [0.2, 0.25) is 35.4 Å². The quantitative estimate of drug-likeness (QED) is 0.144. The van der Waals surface area contributed by atoms with Gasteiger partial charge in [-0.1, -0.05) is 64.4 Å². The zero-order valence-corrected chi connectivity index (χ0v) is 32.9. The molecule has 15 heteroatoms. The number of primary amides is 1. The van der Waals surface area contributed by atoms with Crippen LogP contribution in [0, 0.1) is 11.8 Å². The molecule has 2 saturated heterocycles. The number of nitrogens with two attached hydrogens (primary N) is 2. The highest BCUT2D eigenvalue weighted by molar-refractivity contribution is 5.97. The highest BCUT2D eigenvalue weighted by Crippen LogP contribution is 2.24. The van der Waals surface area contributed by atoms with Gasteiger partial charge < -0.3 is 42.0 Å². The molecule has 7 atom stereocenters. The monoisotopic (exact) mass is 755 g/mol. The van der Waals surface area contributed by atoms with Crippen LogP contribution in [0.5, 0.6) is 0 Å². The molecular formula is C39H61N7O8. The standard InChI is InChI=1S/C39H61N7O8/c1-8-24(4)32(35(50)43-28(20-23(2)3)37(52)46-19-13-17-30(46)38(53)54-39(5,6)7)44-33(48)27(21-25-14-10-9-11-15-25)42-34(49)29-16-12-18-45(29)36(51)26(40)22-31(41)47/h9-11,14-15,23-24,26-30,32H,8,12-13,16-22,40H2,1-7H3,(H2,41,47)(H,42,49)(H,43,50)(H,44,48)/t24-,26-,27-,28-,29-,30-,32-/m0/s1. The molecule has 0 saturated carbocycles. The van der Waals surface area contributed by atoms with Gasteiger partial charge in [-0.05, 0) is 70.3 Å². The van der Waals surface area contributed by atoms with Crippen molar-refractivity contribution in [2.24, 2.45) is 23.3 Å². The molecule has 54 heavy (non-hydrogen) atoms. The van der Waals surface area contributed by atoms with Gasteiger partial charge in [0.15, 0.2) is 0 Å². The molecule has 3 rings (SSSR count). The van der Waals surface area contributed by atoms with Crippen molar-refractivity contribution in [1.82, 2.24) is 25.8 Å². The summed E-state index contributed by atoms with van der Waals surface area (Å²) in [7, 11) is 0. The predicted molar refractivity (Wildman–Crippen MR) is 202 cm³/mol. The van der Waals surface area contributed by atoms with E-state index in [0.717, 1.165) is 5.56 Å². The molecule has 15 nitrogen and oxygen atoms in total. The van der Waals surface area contributed by atoms with Crippen molar-refractivity contribution in [3.63, 3.8) is 0 Å². The summed E-state index contributed by atoms with van der Waals surface area (Å²) in [6.45, 7) is 13.4. The molecule has 0 bridgehead atoms. The zero-order valence-electron chi connectivity index (χ0n) is 32.9. The van der Waals surface area contributed by atoms with Crippen molar-refractivity contribution < 1.29 is 38.3 Å². The van der Waals surface area contributed by atoms with Gasteiger partial charge in [0.05, 0.1) is 12.5 Å². The SMILES string of the molecule is CC[C@H](C)[C@H](NC(=O)[C@H](Cc1ccccc1)NC(=O)[C@@H]1CCCN1C(=O)[C@@H](N)CC(N)=O)C(=O)N[C@@H](CC(C)C)C(=O)N1CCC[C@H]1C(=O)OC(C)(C)C. The maximum Gasteiger partial charge on any atom is 0.329 e. The minimum atomic E-state index is -1.20. The number of hydrogen-bond acceptors (Lipinski definition) is 9. The first-order chi connectivity index (χ1) is 25.3. The summed E-state index contributed by atoms with van der Waals surface area (Å²) < 4.78 is 5.60. The van der Waals surface area contributed by atoms with Crippen LogP contribution in [0.25, 0.3) is 0 Å². The molecule has 2 aliphatic rings. The maximum absolute atomic E-state index is 14.1. The third kappa shape index (κ3) is 12.5. The normalized spacial score (nSPS) is 20.0. The highest BCUT2D eigenvalue weighted by atomic mass is 16.6. The molecular weight excluding hydrogens is 694 g/mol. The molecule has 0 aromatic heterocycles. The van der Waals surface area contributed by atoms with Gasteiger partial charge >= 0.3 is 5.97 Å². The third-order valence-corrected chi connectivity index (χ3v) is 9.82. The van der Waals surface area contributed by atoms with Crippen LogP contribution in [0.15, 0.2) is 30.3 Å². The van der Waals surface area contributed by atoms with Crippen LogP contribution in [0.2, 0.25) is 0 Å². The Morgan fingerprint density at radius 3 is 1.98 bits per heavy atom. The minimum absolute atomic E-state index is 0.0105. The lowest BCUT2D eigenvalue weighted by molar-refractivity contribution is -0.163. The fourth-order valence-corrected chi connectivity index (χ4v) is 6.90. The molecule has 0 unspecified atom stereocenters. The number of esters is 1. The number of carbonyl (C=O) groups is 7. The fraction of sp³-hybridized carbons (Fsp3) is 0.667. The Bertz CT molecular complexity index is 1500. The Kier molecular flexibility index (Phi) is 16.0. The molecule has 6 amide bonds. The number of carbonyl (C=O) groups excluding carboxylic acids is 7. The average molecular weight is 756 g/mol. The van der Waals surface area contributed by atoms with E-state index >= 15 is 0 Å². The summed E-state index contributed by atoms with van der Waals surface area (Å²) in [5.74, 6) is -4.31. The molecule has 2 heterocycles. The first-order valence-electron chi connectivity index (χ1n) is 19.2. The molecule has 0 spiro atoms. The summed E-state index contributed by atoms with van der Waals surface area (Å²) in [4.78, 5) is 96.3. The van der Waals surface area contributed by atoms with E-state index in [4.69, 9.17) is 16.2 Å². The van der Waals surface area contributed by atoms with Gasteiger partial charge in [0, 0.05) is 19.5 Å². The van der Waals surface area contributed by atoms with Crippen molar-refractivity contribution in [2.45, 2.75) is 142 Å². The lowest BCUT2D eigenvalue weighted by atomic mass is 9.95. The van der Waals surface area contributed by atoms with E-state index in [0.29, 0.717) is 45.1 Å². The van der Waals surface area contributed by atoms with E-state index in [9.17, 15) is 33.6 Å². The minimum Gasteiger partial charge on any atom is -0.458 e. The second-order valence-corrected chi connectivity index (χ2v) is 16.0. The van der Waals surface area contributed by atoms with Crippen LogP contribution in [-0.4, -0.2) is 106 Å². The first kappa shape index (κ1) is 43.9. The lowest BCUT2D eigenvalue weighted by Gasteiger charge is -2.33. The summed E-state index contributed by atoms with van der Waals surface area (Å²) in [6.07, 6.45) is 2.45. The lowest BCUT2D eigenvalue weighted by Crippen LogP contribution is -2.60. The smallest absolute Gasteiger partial charge is 0.329 e. The number of hydrogen-bond donors (Lipinski definition) is 5. The van der Waals surface area contributed by atoms with Gasteiger partial charge in [0.25, 0.3) is 0 Å². The predicted octanol–water partition coefficient (Wildman–Crippen LogP) is 1.30. The van der Waals surface area contributed by atoms with E-state index < -0.39 is 77.4 Å². The molecule has 2 fully saturated rings. The fourth-order valence-electron chi connectivity index (χ4n) is 6.90. The van der Waals surface area contributed by atoms with Gasteiger partial charge in [-0.3, -0.25) is 28.8 Å². The molecule has 2 aliphatic heterocycles. The zero-order chi connectivity index (χ0) is 40.3. The van der Waals surface area contributed by atoms with Crippen LogP contribution in [-0.2, 0) is 44.7 Å². The summed E-state index contributed by atoms with van der Waals surface area (Å²) >= 11 is 0. The molecule has 300 valence electrons. The van der Waals surface area contributed by atoms with Crippen LogP contribution >= 0.6 is 0 Å². The Morgan fingerprint density at radius 1 is 0.833 bits per heavy atom. The van der Waals surface area contributed by atoms with E-state index in [-0.39, 0.29) is 37.1 Å². The molecule has 1 aromatic carbocycles. The molecule has 7 N–H and O–H groups in total. The first-order valence-corrected chi connectivity index (χ1v) is 19.2. The van der Waals surface area contributed by atoms with E-state index in [1.54, 1.807) is 32.9 Å². The number of benzene rings is 1. The number of likely N-dealkylation sites (tertiary alicyclic amines) is 2. The summed E-state index contributed by atoms with van der Waals surface area (Å²) in [5.41, 5.74) is 11.2. The third-order valence-electron chi connectivity index (χ3n) is 9.82. The van der Waals surface area contributed by atoms with E-state index in [1.807, 2.05) is 45.9 Å². The van der Waals surface area contributed by atoms with Crippen LogP contribution in [0.4, 0.5) is 0 Å². The van der Waals surface area contributed by atoms with E-state index in [1.165, 1.54) is 9.80 Å². The second kappa shape index (κ2) is 19.7. The van der Waals surface area contributed by atoms with Crippen LogP contribution in [0.3, 0.4) is 0 Å². The number of nitrogens with one attached hydrogen (secondary N) is 3. The molecule has 1 aromatic rings. The van der Waals surface area contributed by atoms with Crippen molar-refractivity contribution in [3.8, 4) is 0 Å². The number of rotatable bonds is 17. The van der Waals surface area contributed by atoms with Crippen LogP contribution < -0.4 is 27.4 Å². The van der Waals surface area contributed by atoms with Crippen molar-refractivity contribution in [2.75, 3.05) is 13.1 Å². The van der Waals surface area contributed by atoms with Gasteiger partial charge in [-0.15, -0.1) is 0 Å². The number of nitrogens with zero attached hydrogens (tertiary/aromatic N) is 2. The number of ether oxygens (including phenoxy) is 1. The largest absolute Gasteiger partial charge is 0.458 e. The Hall–Kier alpha value is -4.53. The Balaban J connectivity index is 1.84. The molecule has 0 radical (unpaired) electrons. The second-order valence-electron chi connectivity index (χ2n) is 16.0. The van der Waals surface area contributed by atoms with E-state index in [2.05, 4.69) is 16.0 Å². The Labute approximate surface area is 319 Å². The number of amides is 6. The maximum atomic E-state index is 14.1.